The lowest BCUT2D eigenvalue weighted by atomic mass is 10.1. The zero-order valence-electron chi connectivity index (χ0n) is 21.8. The first-order chi connectivity index (χ1) is 19.3. The van der Waals surface area contributed by atoms with Crippen molar-refractivity contribution in [1.82, 2.24) is 10.3 Å². The lowest BCUT2D eigenvalue weighted by Gasteiger charge is -2.17. The van der Waals surface area contributed by atoms with Crippen molar-refractivity contribution in [3.8, 4) is 28.0 Å². The molecule has 0 aliphatic carbocycles. The van der Waals surface area contributed by atoms with Crippen LogP contribution < -0.4 is 14.8 Å². The number of nitriles is 1. The molecule has 2 aromatic carbocycles. The molecule has 2 aromatic heterocycles. The van der Waals surface area contributed by atoms with Crippen molar-refractivity contribution in [2.45, 2.75) is 39.2 Å². The van der Waals surface area contributed by atoms with E-state index < -0.39 is 12.1 Å². The van der Waals surface area contributed by atoms with Gasteiger partial charge in [-0.3, -0.25) is 9.78 Å². The molecule has 0 aliphatic heterocycles. The van der Waals surface area contributed by atoms with E-state index in [4.69, 9.17) is 31.4 Å². The Labute approximate surface area is 241 Å². The number of aromatic nitrogens is 1. The maximum atomic E-state index is 10.8. The highest BCUT2D eigenvalue weighted by molar-refractivity contribution is 7.14. The molecule has 0 amide bonds. The lowest BCUT2D eigenvalue weighted by Crippen LogP contribution is -2.28. The minimum atomic E-state index is -1.08. The molecular formula is C30H28ClN3O5S. The van der Waals surface area contributed by atoms with Crippen molar-refractivity contribution in [2.75, 3.05) is 6.54 Å². The first-order valence-corrected chi connectivity index (χ1v) is 13.7. The first-order valence-electron chi connectivity index (χ1n) is 12.5. The van der Waals surface area contributed by atoms with Crippen LogP contribution in [0.2, 0.25) is 5.02 Å². The first kappa shape index (κ1) is 29.1. The third-order valence-electron chi connectivity index (χ3n) is 6.10. The highest BCUT2D eigenvalue weighted by Crippen LogP contribution is 2.36. The predicted octanol–water partition coefficient (Wildman–Crippen LogP) is 5.73. The molecule has 4 rings (SSSR count). The van der Waals surface area contributed by atoms with Crippen molar-refractivity contribution in [2.24, 2.45) is 0 Å². The zero-order chi connectivity index (χ0) is 28.5. The highest BCUT2D eigenvalue weighted by atomic mass is 35.5. The molecule has 8 nitrogen and oxygen atoms in total. The van der Waals surface area contributed by atoms with Gasteiger partial charge in [0.15, 0.2) is 0 Å². The second kappa shape index (κ2) is 13.9. The van der Waals surface area contributed by atoms with E-state index in [1.807, 2.05) is 18.2 Å². The standard InChI is InChI=1S/C30H28ClN3O5S/c1-19-24(18-40-30(19)22-5-3-2-4-6-22)17-39-28-10-27(38-16-21-7-20(11-32)12-33-13-21)23(8-26(28)31)14-34-15-25(35)9-29(36)37/h2-8,10,12-13,18,25,34-35H,9,14-17H2,1H3,(H,36,37)/t25-/m0/s1. The summed E-state index contributed by atoms with van der Waals surface area (Å²) in [7, 11) is 0. The second-order valence-electron chi connectivity index (χ2n) is 9.13. The van der Waals surface area contributed by atoms with E-state index >= 15 is 0 Å². The van der Waals surface area contributed by atoms with Crippen LogP contribution in [0.25, 0.3) is 10.4 Å². The SMILES string of the molecule is Cc1c(COc2cc(OCc3cncc(C#N)c3)c(CNC[C@@H](O)CC(=O)O)cc2Cl)csc1-c1ccccc1. The normalized spacial score (nSPS) is 11.6. The van der Waals surface area contributed by atoms with Crippen LogP contribution in [0.1, 0.15) is 34.2 Å². The van der Waals surface area contributed by atoms with Crippen molar-refractivity contribution in [3.63, 3.8) is 0 Å². The summed E-state index contributed by atoms with van der Waals surface area (Å²) in [5.74, 6) is -0.135. The van der Waals surface area contributed by atoms with Crippen LogP contribution in [-0.4, -0.2) is 33.8 Å². The summed E-state index contributed by atoms with van der Waals surface area (Å²) in [6, 6.07) is 17.4. The number of hydrogen-bond acceptors (Lipinski definition) is 8. The van der Waals surface area contributed by atoms with Gasteiger partial charge in [0.25, 0.3) is 0 Å². The Morgan fingerprint density at radius 2 is 1.90 bits per heavy atom. The molecule has 1 atom stereocenters. The molecule has 0 spiro atoms. The third kappa shape index (κ3) is 7.81. The number of pyridine rings is 1. The van der Waals surface area contributed by atoms with Crippen LogP contribution >= 0.6 is 22.9 Å². The van der Waals surface area contributed by atoms with Gasteiger partial charge in [0.2, 0.25) is 0 Å². The largest absolute Gasteiger partial charge is 0.488 e. The van der Waals surface area contributed by atoms with Crippen molar-refractivity contribution < 1.29 is 24.5 Å². The summed E-state index contributed by atoms with van der Waals surface area (Å²) >= 11 is 8.26. The maximum Gasteiger partial charge on any atom is 0.306 e. The smallest absolute Gasteiger partial charge is 0.306 e. The molecule has 0 aliphatic rings. The molecule has 206 valence electrons. The minimum Gasteiger partial charge on any atom is -0.488 e. The van der Waals surface area contributed by atoms with Crippen LogP contribution in [0.5, 0.6) is 11.5 Å². The zero-order valence-corrected chi connectivity index (χ0v) is 23.3. The molecule has 0 bridgehead atoms. The fourth-order valence-corrected chi connectivity index (χ4v) is 5.35. The van der Waals surface area contributed by atoms with E-state index in [2.05, 4.69) is 40.8 Å². The van der Waals surface area contributed by atoms with Gasteiger partial charge in [-0.25, -0.2) is 0 Å². The quantitative estimate of drug-likeness (QED) is 0.184. The molecule has 10 heteroatoms. The van der Waals surface area contributed by atoms with Gasteiger partial charge in [-0.1, -0.05) is 41.9 Å². The number of rotatable bonds is 13. The monoisotopic (exact) mass is 577 g/mol. The average molecular weight is 578 g/mol. The van der Waals surface area contributed by atoms with E-state index in [0.717, 1.165) is 22.3 Å². The maximum absolute atomic E-state index is 10.8. The Morgan fingerprint density at radius 1 is 1.12 bits per heavy atom. The number of halogens is 1. The summed E-state index contributed by atoms with van der Waals surface area (Å²) in [6.07, 6.45) is 1.71. The number of nitrogens with one attached hydrogen (secondary N) is 1. The molecule has 3 N–H and O–H groups in total. The van der Waals surface area contributed by atoms with Gasteiger partial charge in [-0.05, 0) is 35.6 Å². The molecular weight excluding hydrogens is 550 g/mol. The summed E-state index contributed by atoms with van der Waals surface area (Å²) in [5, 5.41) is 33.4. The Morgan fingerprint density at radius 3 is 2.65 bits per heavy atom. The molecule has 0 unspecified atom stereocenters. The van der Waals surface area contributed by atoms with Crippen molar-refractivity contribution in [1.29, 1.82) is 5.26 Å². The van der Waals surface area contributed by atoms with E-state index in [1.165, 1.54) is 11.1 Å². The number of benzene rings is 2. The summed E-state index contributed by atoms with van der Waals surface area (Å²) in [5.41, 5.74) is 5.20. The molecule has 4 aromatic rings. The van der Waals surface area contributed by atoms with Crippen molar-refractivity contribution >= 4 is 28.9 Å². The van der Waals surface area contributed by atoms with Crippen LogP contribution in [0.3, 0.4) is 0 Å². The number of thiophene rings is 1. The van der Waals surface area contributed by atoms with Gasteiger partial charge >= 0.3 is 5.97 Å². The van der Waals surface area contributed by atoms with E-state index in [9.17, 15) is 9.90 Å². The third-order valence-corrected chi connectivity index (χ3v) is 7.57. The Hall–Kier alpha value is -3.94. The molecule has 0 radical (unpaired) electrons. The highest BCUT2D eigenvalue weighted by Gasteiger charge is 2.16. The summed E-state index contributed by atoms with van der Waals surface area (Å²) in [4.78, 5) is 16.1. The number of nitrogens with zero attached hydrogens (tertiary/aromatic N) is 2. The van der Waals surface area contributed by atoms with E-state index in [0.29, 0.717) is 34.3 Å². The van der Waals surface area contributed by atoms with Crippen LogP contribution in [0.4, 0.5) is 0 Å². The second-order valence-corrected chi connectivity index (χ2v) is 10.4. The van der Waals surface area contributed by atoms with Gasteiger partial charge in [0.05, 0.1) is 23.1 Å². The number of ether oxygens (including phenoxy) is 2. The number of hydrogen-bond donors (Lipinski definition) is 3. The Balaban J connectivity index is 1.51. The van der Waals surface area contributed by atoms with Gasteiger partial charge < -0.3 is 25.0 Å². The number of carbonyl (C=O) groups is 1. The fourth-order valence-electron chi connectivity index (χ4n) is 4.02. The van der Waals surface area contributed by atoms with Gasteiger partial charge in [-0.15, -0.1) is 11.3 Å². The molecule has 40 heavy (non-hydrogen) atoms. The Bertz CT molecular complexity index is 1500. The summed E-state index contributed by atoms with van der Waals surface area (Å²) in [6.45, 7) is 2.90. The number of carboxylic acid groups (broad SMARTS) is 1. The predicted molar refractivity (Wildman–Crippen MR) is 154 cm³/mol. The van der Waals surface area contributed by atoms with Crippen LogP contribution in [-0.2, 0) is 24.6 Å². The van der Waals surface area contributed by atoms with Gasteiger partial charge in [0, 0.05) is 53.1 Å². The molecule has 0 fully saturated rings. The number of carboxylic acids is 1. The summed E-state index contributed by atoms with van der Waals surface area (Å²) < 4.78 is 12.2. The van der Waals surface area contributed by atoms with Crippen LogP contribution in [0.15, 0.2) is 66.3 Å². The van der Waals surface area contributed by atoms with Crippen LogP contribution in [0, 0.1) is 18.3 Å². The lowest BCUT2D eigenvalue weighted by molar-refractivity contribution is -0.139. The fraction of sp³-hybridized carbons (Fsp3) is 0.233. The molecule has 2 heterocycles. The number of aliphatic carboxylic acids is 1. The van der Waals surface area contributed by atoms with E-state index in [1.54, 1.807) is 35.7 Å². The number of aliphatic hydroxyl groups excluding tert-OH is 1. The number of aliphatic hydroxyl groups is 1. The van der Waals surface area contributed by atoms with Crippen molar-refractivity contribution in [3.05, 3.63) is 99.1 Å². The molecule has 0 saturated heterocycles. The van der Waals surface area contributed by atoms with Gasteiger partial charge in [-0.2, -0.15) is 5.26 Å². The minimum absolute atomic E-state index is 0.0803. The molecule has 0 saturated carbocycles. The van der Waals surface area contributed by atoms with E-state index in [-0.39, 0.29) is 26.1 Å². The topological polar surface area (TPSA) is 125 Å². The average Bonchev–Trinajstić information content (AvgIpc) is 3.32. The van der Waals surface area contributed by atoms with Gasteiger partial charge in [0.1, 0.15) is 30.8 Å². The Kier molecular flexibility index (Phi) is 10.1.